The Morgan fingerprint density at radius 1 is 1.14 bits per heavy atom. The second kappa shape index (κ2) is 8.06. The maximum atomic E-state index is 12.3. The Morgan fingerprint density at radius 3 is 2.72 bits per heavy atom. The summed E-state index contributed by atoms with van der Waals surface area (Å²) in [6.45, 7) is 1.99. The number of pyridine rings is 1. The van der Waals surface area contributed by atoms with Crippen LogP contribution >= 0.6 is 0 Å². The van der Waals surface area contributed by atoms with Gasteiger partial charge >= 0.3 is 0 Å². The SMILES string of the molecule is CCc1ccc(NC(=O)COc2cccn3cc(-c4cccc(N)c4)nc23)cc1. The van der Waals surface area contributed by atoms with Gasteiger partial charge in [-0.05, 0) is 48.4 Å². The predicted molar refractivity (Wildman–Crippen MR) is 115 cm³/mol. The molecular formula is C23H22N4O2. The largest absolute Gasteiger partial charge is 0.480 e. The number of anilines is 2. The smallest absolute Gasteiger partial charge is 0.262 e. The van der Waals surface area contributed by atoms with E-state index >= 15 is 0 Å². The van der Waals surface area contributed by atoms with E-state index in [1.807, 2.05) is 71.4 Å². The van der Waals surface area contributed by atoms with Gasteiger partial charge < -0.3 is 20.2 Å². The number of carbonyl (C=O) groups excluding carboxylic acids is 1. The van der Waals surface area contributed by atoms with Gasteiger partial charge in [0.2, 0.25) is 0 Å². The van der Waals surface area contributed by atoms with Crippen molar-refractivity contribution in [3.05, 3.63) is 78.6 Å². The highest BCUT2D eigenvalue weighted by Crippen LogP contribution is 2.25. The van der Waals surface area contributed by atoms with Crippen LogP contribution in [0.1, 0.15) is 12.5 Å². The van der Waals surface area contributed by atoms with Gasteiger partial charge in [0.25, 0.3) is 5.91 Å². The fourth-order valence-corrected chi connectivity index (χ4v) is 3.10. The molecule has 0 aliphatic rings. The molecule has 6 heteroatoms. The summed E-state index contributed by atoms with van der Waals surface area (Å²) in [5, 5.41) is 2.84. The van der Waals surface area contributed by atoms with Crippen molar-refractivity contribution in [1.82, 2.24) is 9.38 Å². The second-order valence-electron chi connectivity index (χ2n) is 6.74. The zero-order valence-electron chi connectivity index (χ0n) is 16.1. The monoisotopic (exact) mass is 386 g/mol. The van der Waals surface area contributed by atoms with Crippen molar-refractivity contribution in [2.24, 2.45) is 0 Å². The number of aromatic nitrogens is 2. The van der Waals surface area contributed by atoms with Crippen LogP contribution in [0.15, 0.2) is 73.1 Å². The second-order valence-corrected chi connectivity index (χ2v) is 6.74. The predicted octanol–water partition coefficient (Wildman–Crippen LogP) is 4.16. The molecule has 0 saturated heterocycles. The van der Waals surface area contributed by atoms with E-state index in [0.717, 1.165) is 23.4 Å². The summed E-state index contributed by atoms with van der Waals surface area (Å²) >= 11 is 0. The van der Waals surface area contributed by atoms with Crippen LogP contribution < -0.4 is 15.8 Å². The third-order valence-electron chi connectivity index (χ3n) is 4.63. The molecule has 0 fully saturated rings. The minimum Gasteiger partial charge on any atom is -0.480 e. The van der Waals surface area contributed by atoms with Crippen molar-refractivity contribution in [3.8, 4) is 17.0 Å². The number of benzene rings is 2. The van der Waals surface area contributed by atoms with Crippen LogP contribution in [0.25, 0.3) is 16.9 Å². The fourth-order valence-electron chi connectivity index (χ4n) is 3.10. The average molecular weight is 386 g/mol. The quantitative estimate of drug-likeness (QED) is 0.488. The summed E-state index contributed by atoms with van der Waals surface area (Å²) in [6, 6.07) is 19.0. The molecule has 0 spiro atoms. The van der Waals surface area contributed by atoms with Crippen molar-refractivity contribution in [1.29, 1.82) is 0 Å². The molecule has 0 bridgehead atoms. The minimum atomic E-state index is -0.223. The molecule has 0 radical (unpaired) electrons. The number of nitrogens with one attached hydrogen (secondary N) is 1. The number of nitrogen functional groups attached to an aromatic ring is 1. The van der Waals surface area contributed by atoms with Gasteiger partial charge in [0.1, 0.15) is 0 Å². The van der Waals surface area contributed by atoms with Gasteiger partial charge in [0.05, 0.1) is 5.69 Å². The molecule has 0 aliphatic carbocycles. The topological polar surface area (TPSA) is 81.6 Å². The zero-order chi connectivity index (χ0) is 20.2. The van der Waals surface area contributed by atoms with Gasteiger partial charge in [-0.15, -0.1) is 0 Å². The maximum absolute atomic E-state index is 12.3. The first-order chi connectivity index (χ1) is 14.1. The number of imidazole rings is 1. The van der Waals surface area contributed by atoms with Crippen LogP contribution in [-0.2, 0) is 11.2 Å². The Kier molecular flexibility index (Phi) is 5.16. The van der Waals surface area contributed by atoms with Crippen molar-refractivity contribution in [2.75, 3.05) is 17.7 Å². The van der Waals surface area contributed by atoms with E-state index in [1.54, 1.807) is 6.07 Å². The van der Waals surface area contributed by atoms with Crippen molar-refractivity contribution >= 4 is 22.9 Å². The van der Waals surface area contributed by atoms with E-state index in [-0.39, 0.29) is 12.5 Å². The number of amides is 1. The molecule has 6 nitrogen and oxygen atoms in total. The van der Waals surface area contributed by atoms with E-state index in [9.17, 15) is 4.79 Å². The number of nitrogens with two attached hydrogens (primary N) is 1. The number of carbonyl (C=O) groups is 1. The van der Waals surface area contributed by atoms with Crippen LogP contribution in [0.3, 0.4) is 0 Å². The molecular weight excluding hydrogens is 364 g/mol. The van der Waals surface area contributed by atoms with Crippen LogP contribution in [0.2, 0.25) is 0 Å². The first-order valence-electron chi connectivity index (χ1n) is 9.47. The van der Waals surface area contributed by atoms with Crippen molar-refractivity contribution in [3.63, 3.8) is 0 Å². The van der Waals surface area contributed by atoms with Crippen LogP contribution in [0.5, 0.6) is 5.75 Å². The summed E-state index contributed by atoms with van der Waals surface area (Å²) in [7, 11) is 0. The van der Waals surface area contributed by atoms with Crippen LogP contribution in [0.4, 0.5) is 11.4 Å². The molecule has 4 rings (SSSR count). The Balaban J connectivity index is 1.48. The van der Waals surface area contributed by atoms with Crippen LogP contribution in [0, 0.1) is 0 Å². The first kappa shape index (κ1) is 18.6. The Hall–Kier alpha value is -3.80. The third kappa shape index (κ3) is 4.21. The number of fused-ring (bicyclic) bond motifs is 1. The van der Waals surface area contributed by atoms with E-state index in [0.29, 0.717) is 17.1 Å². The standard InChI is InChI=1S/C23H22N4O2/c1-2-16-8-10-19(11-9-16)25-22(28)15-29-21-7-4-12-27-14-20(26-23(21)27)17-5-3-6-18(24)13-17/h3-14H,2,15,24H2,1H3,(H,25,28). The number of hydrogen-bond donors (Lipinski definition) is 2. The first-order valence-corrected chi connectivity index (χ1v) is 9.47. The molecule has 0 aliphatic heterocycles. The molecule has 4 aromatic rings. The number of hydrogen-bond acceptors (Lipinski definition) is 4. The average Bonchev–Trinajstić information content (AvgIpc) is 3.18. The normalized spacial score (nSPS) is 10.8. The summed E-state index contributed by atoms with van der Waals surface area (Å²) in [5.41, 5.74) is 10.9. The van der Waals surface area contributed by atoms with Gasteiger partial charge in [-0.25, -0.2) is 4.98 Å². The van der Waals surface area contributed by atoms with E-state index in [2.05, 4.69) is 17.2 Å². The fraction of sp³-hybridized carbons (Fsp3) is 0.130. The molecule has 2 aromatic carbocycles. The highest BCUT2D eigenvalue weighted by molar-refractivity contribution is 5.92. The zero-order valence-corrected chi connectivity index (χ0v) is 16.1. The highest BCUT2D eigenvalue weighted by atomic mass is 16.5. The lowest BCUT2D eigenvalue weighted by Crippen LogP contribution is -2.20. The Bertz CT molecular complexity index is 1150. The summed E-state index contributed by atoms with van der Waals surface area (Å²) in [4.78, 5) is 16.9. The van der Waals surface area contributed by atoms with Gasteiger partial charge in [-0.1, -0.05) is 31.2 Å². The Morgan fingerprint density at radius 2 is 1.97 bits per heavy atom. The molecule has 1 amide bonds. The van der Waals surface area contributed by atoms with Crippen molar-refractivity contribution < 1.29 is 9.53 Å². The number of aryl methyl sites for hydroxylation is 1. The van der Waals surface area contributed by atoms with Gasteiger partial charge in [-0.2, -0.15) is 0 Å². The molecule has 29 heavy (non-hydrogen) atoms. The Labute approximate surface area is 169 Å². The van der Waals surface area contributed by atoms with Gasteiger partial charge in [-0.3, -0.25) is 4.79 Å². The lowest BCUT2D eigenvalue weighted by molar-refractivity contribution is -0.118. The molecule has 146 valence electrons. The minimum absolute atomic E-state index is 0.102. The lowest BCUT2D eigenvalue weighted by atomic mass is 10.1. The highest BCUT2D eigenvalue weighted by Gasteiger charge is 2.11. The molecule has 0 unspecified atom stereocenters. The van der Waals surface area contributed by atoms with E-state index in [1.165, 1.54) is 5.56 Å². The molecule has 3 N–H and O–H groups in total. The van der Waals surface area contributed by atoms with Gasteiger partial charge in [0.15, 0.2) is 18.0 Å². The number of nitrogens with zero attached hydrogens (tertiary/aromatic N) is 2. The van der Waals surface area contributed by atoms with E-state index < -0.39 is 0 Å². The molecule has 2 heterocycles. The summed E-state index contributed by atoms with van der Waals surface area (Å²) in [6.07, 6.45) is 4.76. The lowest BCUT2D eigenvalue weighted by Gasteiger charge is -2.08. The third-order valence-corrected chi connectivity index (χ3v) is 4.63. The molecule has 2 aromatic heterocycles. The number of rotatable bonds is 6. The maximum Gasteiger partial charge on any atom is 0.262 e. The summed E-state index contributed by atoms with van der Waals surface area (Å²) < 4.78 is 7.62. The van der Waals surface area contributed by atoms with Crippen molar-refractivity contribution in [2.45, 2.75) is 13.3 Å². The van der Waals surface area contributed by atoms with E-state index in [4.69, 9.17) is 10.5 Å². The van der Waals surface area contributed by atoms with Gasteiger partial charge in [0, 0.05) is 29.3 Å². The molecule has 0 saturated carbocycles. The summed E-state index contributed by atoms with van der Waals surface area (Å²) in [5.74, 6) is 0.318. The molecule has 0 atom stereocenters. The number of ether oxygens (including phenoxy) is 1. The van der Waals surface area contributed by atoms with Crippen LogP contribution in [-0.4, -0.2) is 21.9 Å².